The second-order valence-corrected chi connectivity index (χ2v) is 10.2. The smallest absolute Gasteiger partial charge is 0.262 e. The van der Waals surface area contributed by atoms with Gasteiger partial charge in [-0.2, -0.15) is 0 Å². The number of anilines is 2. The molecule has 0 saturated carbocycles. The number of rotatable bonds is 8. The van der Waals surface area contributed by atoms with E-state index >= 15 is 0 Å². The SMILES string of the molecule is Cc1cccc(-n2cccc2[C@H]2[C@@H](c3ccccn3)NC(=S)N2c2ccc(NC(=O)COc3ccccc3)cc2)c1. The van der Waals surface area contributed by atoms with Gasteiger partial charge in [0.2, 0.25) is 0 Å². The van der Waals surface area contributed by atoms with Gasteiger partial charge in [0, 0.05) is 35.1 Å². The van der Waals surface area contributed by atoms with Crippen molar-refractivity contribution in [2.75, 3.05) is 16.8 Å². The summed E-state index contributed by atoms with van der Waals surface area (Å²) in [6.07, 6.45) is 3.88. The number of hydrogen-bond acceptors (Lipinski definition) is 4. The van der Waals surface area contributed by atoms with E-state index in [1.807, 2.05) is 72.8 Å². The monoisotopic (exact) mass is 559 g/mol. The van der Waals surface area contributed by atoms with Crippen LogP contribution in [0.3, 0.4) is 0 Å². The molecule has 0 radical (unpaired) electrons. The number of para-hydroxylation sites is 1. The minimum Gasteiger partial charge on any atom is -0.484 e. The summed E-state index contributed by atoms with van der Waals surface area (Å²) < 4.78 is 7.78. The van der Waals surface area contributed by atoms with Gasteiger partial charge < -0.3 is 24.8 Å². The highest BCUT2D eigenvalue weighted by atomic mass is 32.1. The van der Waals surface area contributed by atoms with Crippen LogP contribution in [0.5, 0.6) is 5.75 Å². The molecule has 8 heteroatoms. The number of benzene rings is 3. The van der Waals surface area contributed by atoms with Crippen molar-refractivity contribution in [3.8, 4) is 11.4 Å². The Labute approximate surface area is 244 Å². The summed E-state index contributed by atoms with van der Waals surface area (Å²) in [6.45, 7) is 2.02. The molecule has 7 nitrogen and oxygen atoms in total. The predicted octanol–water partition coefficient (Wildman–Crippen LogP) is 6.38. The first-order valence-corrected chi connectivity index (χ1v) is 13.8. The number of nitrogens with zero attached hydrogens (tertiary/aromatic N) is 3. The lowest BCUT2D eigenvalue weighted by molar-refractivity contribution is -0.118. The van der Waals surface area contributed by atoms with Crippen molar-refractivity contribution < 1.29 is 9.53 Å². The zero-order valence-electron chi connectivity index (χ0n) is 22.5. The first-order valence-electron chi connectivity index (χ1n) is 13.4. The maximum absolute atomic E-state index is 12.5. The van der Waals surface area contributed by atoms with E-state index in [9.17, 15) is 4.79 Å². The lowest BCUT2D eigenvalue weighted by Gasteiger charge is -2.29. The number of aryl methyl sites for hydroxylation is 1. The van der Waals surface area contributed by atoms with E-state index < -0.39 is 0 Å². The summed E-state index contributed by atoms with van der Waals surface area (Å²) in [5.41, 5.74) is 5.83. The third-order valence-electron chi connectivity index (χ3n) is 7.00. The molecule has 1 amide bonds. The molecule has 3 heterocycles. The predicted molar refractivity (Wildman–Crippen MR) is 165 cm³/mol. The normalized spacial score (nSPS) is 16.3. The molecule has 3 aromatic carbocycles. The van der Waals surface area contributed by atoms with Crippen LogP contribution in [0.25, 0.3) is 5.69 Å². The van der Waals surface area contributed by atoms with Gasteiger partial charge in [0.15, 0.2) is 11.7 Å². The van der Waals surface area contributed by atoms with Crippen molar-refractivity contribution in [3.63, 3.8) is 0 Å². The minimum atomic E-state index is -0.232. The molecule has 204 valence electrons. The summed E-state index contributed by atoms with van der Waals surface area (Å²) >= 11 is 5.91. The highest BCUT2D eigenvalue weighted by molar-refractivity contribution is 7.80. The summed E-state index contributed by atoms with van der Waals surface area (Å²) in [6, 6.07) is 35.2. The third kappa shape index (κ3) is 5.69. The minimum absolute atomic E-state index is 0.0737. The maximum Gasteiger partial charge on any atom is 0.262 e. The molecule has 1 saturated heterocycles. The molecule has 0 spiro atoms. The molecule has 2 N–H and O–H groups in total. The topological polar surface area (TPSA) is 71.4 Å². The number of pyridine rings is 1. The molecular weight excluding hydrogens is 530 g/mol. The lowest BCUT2D eigenvalue weighted by atomic mass is 10.0. The fraction of sp³-hybridized carbons (Fsp3) is 0.121. The lowest BCUT2D eigenvalue weighted by Crippen LogP contribution is -2.30. The fourth-order valence-corrected chi connectivity index (χ4v) is 5.50. The van der Waals surface area contributed by atoms with Gasteiger partial charge in [0.25, 0.3) is 5.91 Å². The molecule has 1 fully saturated rings. The largest absolute Gasteiger partial charge is 0.484 e. The van der Waals surface area contributed by atoms with Crippen molar-refractivity contribution in [3.05, 3.63) is 139 Å². The van der Waals surface area contributed by atoms with Crippen LogP contribution >= 0.6 is 12.2 Å². The van der Waals surface area contributed by atoms with Gasteiger partial charge in [-0.1, -0.05) is 36.4 Å². The number of amides is 1. The van der Waals surface area contributed by atoms with Gasteiger partial charge in [0.1, 0.15) is 11.8 Å². The molecule has 0 aliphatic carbocycles. The van der Waals surface area contributed by atoms with Gasteiger partial charge in [-0.25, -0.2) is 0 Å². The Balaban J connectivity index is 1.29. The van der Waals surface area contributed by atoms with Gasteiger partial charge >= 0.3 is 0 Å². The highest BCUT2D eigenvalue weighted by Crippen LogP contribution is 2.42. The summed E-state index contributed by atoms with van der Waals surface area (Å²) in [5.74, 6) is 0.418. The van der Waals surface area contributed by atoms with Crippen molar-refractivity contribution in [2.24, 2.45) is 0 Å². The second-order valence-electron chi connectivity index (χ2n) is 9.84. The molecule has 2 aromatic heterocycles. The summed E-state index contributed by atoms with van der Waals surface area (Å²) in [5, 5.41) is 7.03. The van der Waals surface area contributed by atoms with Gasteiger partial charge in [-0.15, -0.1) is 0 Å². The van der Waals surface area contributed by atoms with E-state index in [2.05, 4.69) is 74.6 Å². The zero-order valence-corrected chi connectivity index (χ0v) is 23.3. The molecule has 0 unspecified atom stereocenters. The van der Waals surface area contributed by atoms with Crippen LogP contribution in [0.4, 0.5) is 11.4 Å². The van der Waals surface area contributed by atoms with Crippen LogP contribution in [0.1, 0.15) is 29.0 Å². The van der Waals surface area contributed by atoms with E-state index in [4.69, 9.17) is 17.0 Å². The molecule has 1 aliphatic heterocycles. The van der Waals surface area contributed by atoms with E-state index in [0.717, 1.165) is 22.8 Å². The van der Waals surface area contributed by atoms with Crippen LogP contribution < -0.4 is 20.3 Å². The third-order valence-corrected chi connectivity index (χ3v) is 7.32. The van der Waals surface area contributed by atoms with Crippen LogP contribution in [0.15, 0.2) is 122 Å². The van der Waals surface area contributed by atoms with E-state index in [1.165, 1.54) is 5.56 Å². The quantitative estimate of drug-likeness (QED) is 0.215. The Morgan fingerprint density at radius 3 is 2.49 bits per heavy atom. The van der Waals surface area contributed by atoms with Crippen molar-refractivity contribution >= 4 is 34.6 Å². The first-order chi connectivity index (χ1) is 20.1. The molecule has 41 heavy (non-hydrogen) atoms. The molecular formula is C33H29N5O2S. The van der Waals surface area contributed by atoms with E-state index in [0.29, 0.717) is 16.5 Å². The molecule has 5 aromatic rings. The standard InChI is InChI=1S/C33H29N5O2S/c1-23-9-7-10-26(21-23)37-20-8-14-29(37)32-31(28-13-5-6-19-34-28)36-33(41)38(32)25-17-15-24(16-18-25)35-30(39)22-40-27-11-3-2-4-12-27/h2-21,31-32H,22H2,1H3,(H,35,39)(H,36,41)/t31-,32+/m1/s1. The first kappa shape index (κ1) is 26.3. The van der Waals surface area contributed by atoms with Crippen molar-refractivity contribution in [1.82, 2.24) is 14.9 Å². The summed E-state index contributed by atoms with van der Waals surface area (Å²) in [7, 11) is 0. The number of aromatic nitrogens is 2. The Hall–Kier alpha value is -4.95. The molecule has 1 aliphatic rings. The Bertz CT molecular complexity index is 1650. The van der Waals surface area contributed by atoms with Crippen LogP contribution in [-0.4, -0.2) is 27.2 Å². The van der Waals surface area contributed by atoms with Gasteiger partial charge in [-0.05, 0) is 97.5 Å². The Morgan fingerprint density at radius 2 is 1.73 bits per heavy atom. The van der Waals surface area contributed by atoms with Crippen molar-refractivity contribution in [1.29, 1.82) is 0 Å². The van der Waals surface area contributed by atoms with E-state index in [-0.39, 0.29) is 24.6 Å². The average molecular weight is 560 g/mol. The van der Waals surface area contributed by atoms with E-state index in [1.54, 1.807) is 6.20 Å². The fourth-order valence-electron chi connectivity index (χ4n) is 5.15. The van der Waals surface area contributed by atoms with Gasteiger partial charge in [-0.3, -0.25) is 9.78 Å². The number of carbonyl (C=O) groups is 1. The van der Waals surface area contributed by atoms with Crippen LogP contribution in [-0.2, 0) is 4.79 Å². The number of hydrogen-bond donors (Lipinski definition) is 2. The molecule has 0 bridgehead atoms. The number of carbonyl (C=O) groups excluding carboxylic acids is 1. The Morgan fingerprint density at radius 1 is 0.927 bits per heavy atom. The Kier molecular flexibility index (Phi) is 7.47. The van der Waals surface area contributed by atoms with Crippen LogP contribution in [0, 0.1) is 6.92 Å². The van der Waals surface area contributed by atoms with Crippen LogP contribution in [0.2, 0.25) is 0 Å². The number of ether oxygens (including phenoxy) is 1. The maximum atomic E-state index is 12.5. The highest BCUT2D eigenvalue weighted by Gasteiger charge is 2.42. The summed E-state index contributed by atoms with van der Waals surface area (Å²) in [4.78, 5) is 19.3. The molecule has 6 rings (SSSR count). The van der Waals surface area contributed by atoms with Gasteiger partial charge in [0.05, 0.1) is 11.7 Å². The second kappa shape index (κ2) is 11.7. The molecule has 2 atom stereocenters. The van der Waals surface area contributed by atoms with Crippen molar-refractivity contribution in [2.45, 2.75) is 19.0 Å². The number of thiocarbonyl (C=S) groups is 1. The number of nitrogens with one attached hydrogen (secondary N) is 2. The zero-order chi connectivity index (χ0) is 28.2. The average Bonchev–Trinajstić information content (AvgIpc) is 3.62.